The zero-order valence-electron chi connectivity index (χ0n) is 14.5. The Balaban J connectivity index is 4.37. The summed E-state index contributed by atoms with van der Waals surface area (Å²) in [7, 11) is 0. The zero-order chi connectivity index (χ0) is 14.5. The van der Waals surface area contributed by atoms with Crippen LogP contribution in [0.15, 0.2) is 0 Å². The van der Waals surface area contributed by atoms with Crippen molar-refractivity contribution in [3.05, 3.63) is 0 Å². The minimum atomic E-state index is 0.807. The molecule has 0 aromatic rings. The van der Waals surface area contributed by atoms with Crippen LogP contribution in [0, 0.1) is 41.4 Å². The van der Waals surface area contributed by atoms with Crippen LogP contribution in [0.1, 0.15) is 75.2 Å². The van der Waals surface area contributed by atoms with Crippen molar-refractivity contribution in [3.8, 4) is 0 Å². The molecule has 6 atom stereocenters. The number of hydrogen-bond acceptors (Lipinski definition) is 0. The van der Waals surface area contributed by atoms with E-state index in [4.69, 9.17) is 0 Å². The first-order chi connectivity index (χ1) is 8.22. The summed E-state index contributed by atoms with van der Waals surface area (Å²) in [5, 5.41) is 0. The first kappa shape index (κ1) is 18.0. The van der Waals surface area contributed by atoms with E-state index in [1.807, 2.05) is 0 Å². The molecule has 0 fully saturated rings. The molecule has 0 heterocycles. The second kappa shape index (κ2) is 8.23. The van der Waals surface area contributed by atoms with Gasteiger partial charge >= 0.3 is 0 Å². The second-order valence-corrected chi connectivity index (χ2v) is 7.40. The first-order valence-electron chi connectivity index (χ1n) is 8.22. The Morgan fingerprint density at radius 1 is 0.556 bits per heavy atom. The quantitative estimate of drug-likeness (QED) is 0.479. The highest BCUT2D eigenvalue weighted by atomic mass is 14.3. The molecule has 0 spiro atoms. The van der Waals surface area contributed by atoms with Crippen LogP contribution in [0.3, 0.4) is 0 Å². The molecular weight excluding hydrogens is 216 g/mol. The van der Waals surface area contributed by atoms with Gasteiger partial charge in [-0.25, -0.2) is 0 Å². The van der Waals surface area contributed by atoms with Gasteiger partial charge in [-0.15, -0.1) is 0 Å². The van der Waals surface area contributed by atoms with Crippen molar-refractivity contribution in [2.75, 3.05) is 0 Å². The van der Waals surface area contributed by atoms with Gasteiger partial charge in [-0.05, 0) is 47.8 Å². The van der Waals surface area contributed by atoms with Crippen molar-refractivity contribution < 1.29 is 0 Å². The SMILES string of the molecule is CCC(C)C(C)CC(C)C(C)C(C)C(C)C(C)C. The van der Waals surface area contributed by atoms with E-state index in [2.05, 4.69) is 62.3 Å². The molecule has 18 heavy (non-hydrogen) atoms. The fraction of sp³-hybridized carbons (Fsp3) is 1.00. The molecular formula is C18H38. The Kier molecular flexibility index (Phi) is 8.23. The van der Waals surface area contributed by atoms with Crippen LogP contribution >= 0.6 is 0 Å². The largest absolute Gasteiger partial charge is 0.0651 e. The van der Waals surface area contributed by atoms with Gasteiger partial charge in [0.1, 0.15) is 0 Å². The Morgan fingerprint density at radius 2 is 1.06 bits per heavy atom. The maximum atomic E-state index is 2.47. The van der Waals surface area contributed by atoms with Gasteiger partial charge in [-0.3, -0.25) is 0 Å². The monoisotopic (exact) mass is 254 g/mol. The van der Waals surface area contributed by atoms with Crippen molar-refractivity contribution >= 4 is 0 Å². The lowest BCUT2D eigenvalue weighted by molar-refractivity contribution is 0.151. The van der Waals surface area contributed by atoms with E-state index >= 15 is 0 Å². The Labute approximate surface area is 117 Å². The van der Waals surface area contributed by atoms with Gasteiger partial charge in [0.25, 0.3) is 0 Å². The first-order valence-corrected chi connectivity index (χ1v) is 8.22. The van der Waals surface area contributed by atoms with Crippen LogP contribution in [-0.2, 0) is 0 Å². The van der Waals surface area contributed by atoms with Crippen molar-refractivity contribution in [1.29, 1.82) is 0 Å². The van der Waals surface area contributed by atoms with E-state index in [1.165, 1.54) is 12.8 Å². The Hall–Kier alpha value is 0. The van der Waals surface area contributed by atoms with Gasteiger partial charge in [0.15, 0.2) is 0 Å². The van der Waals surface area contributed by atoms with E-state index in [0.717, 1.165) is 41.4 Å². The fourth-order valence-electron chi connectivity index (χ4n) is 3.04. The maximum Gasteiger partial charge on any atom is -0.0386 e. The van der Waals surface area contributed by atoms with E-state index in [0.29, 0.717) is 0 Å². The maximum absolute atomic E-state index is 2.47. The molecule has 0 saturated heterocycles. The lowest BCUT2D eigenvalue weighted by Crippen LogP contribution is -2.27. The summed E-state index contributed by atoms with van der Waals surface area (Å²) in [5.41, 5.74) is 0. The summed E-state index contributed by atoms with van der Waals surface area (Å²) >= 11 is 0. The van der Waals surface area contributed by atoms with E-state index in [9.17, 15) is 0 Å². The van der Waals surface area contributed by atoms with Crippen molar-refractivity contribution in [2.24, 2.45) is 41.4 Å². The van der Waals surface area contributed by atoms with Crippen LogP contribution in [0.4, 0.5) is 0 Å². The zero-order valence-corrected chi connectivity index (χ0v) is 14.5. The highest BCUT2D eigenvalue weighted by Gasteiger charge is 2.27. The van der Waals surface area contributed by atoms with Crippen molar-refractivity contribution in [3.63, 3.8) is 0 Å². The molecule has 0 N–H and O–H groups in total. The van der Waals surface area contributed by atoms with Crippen molar-refractivity contribution in [2.45, 2.75) is 75.2 Å². The summed E-state index contributed by atoms with van der Waals surface area (Å²) in [4.78, 5) is 0. The average Bonchev–Trinajstić information content (AvgIpc) is 2.34. The minimum absolute atomic E-state index is 0.807. The number of rotatable bonds is 8. The third-order valence-electron chi connectivity index (χ3n) is 5.97. The van der Waals surface area contributed by atoms with Crippen LogP contribution in [0.25, 0.3) is 0 Å². The fourth-order valence-corrected chi connectivity index (χ4v) is 3.04. The molecule has 0 aliphatic carbocycles. The predicted molar refractivity (Wildman–Crippen MR) is 84.7 cm³/mol. The van der Waals surface area contributed by atoms with Gasteiger partial charge in [-0.1, -0.05) is 68.7 Å². The third-order valence-corrected chi connectivity index (χ3v) is 5.97. The lowest BCUT2D eigenvalue weighted by atomic mass is 9.71. The molecule has 0 aliphatic heterocycles. The number of hydrogen-bond donors (Lipinski definition) is 0. The summed E-state index contributed by atoms with van der Waals surface area (Å²) in [5.74, 6) is 5.91. The summed E-state index contributed by atoms with van der Waals surface area (Å²) in [6.07, 6.45) is 2.71. The molecule has 0 radical (unpaired) electrons. The Bertz CT molecular complexity index is 206. The topological polar surface area (TPSA) is 0 Å². The molecule has 0 nitrogen and oxygen atoms in total. The van der Waals surface area contributed by atoms with Gasteiger partial charge in [0, 0.05) is 0 Å². The van der Waals surface area contributed by atoms with E-state index in [1.54, 1.807) is 0 Å². The highest BCUT2D eigenvalue weighted by molar-refractivity contribution is 4.76. The van der Waals surface area contributed by atoms with Gasteiger partial charge in [-0.2, -0.15) is 0 Å². The molecule has 6 unspecified atom stereocenters. The second-order valence-electron chi connectivity index (χ2n) is 7.40. The van der Waals surface area contributed by atoms with Crippen molar-refractivity contribution in [1.82, 2.24) is 0 Å². The summed E-state index contributed by atoms with van der Waals surface area (Å²) in [6.45, 7) is 21.7. The van der Waals surface area contributed by atoms with Gasteiger partial charge in [0.2, 0.25) is 0 Å². The molecule has 0 bridgehead atoms. The van der Waals surface area contributed by atoms with Gasteiger partial charge in [0.05, 0.1) is 0 Å². The molecule has 0 aromatic carbocycles. The molecule has 0 aliphatic rings. The standard InChI is InChI=1S/C18H38/c1-10-13(4)14(5)11-15(6)17(8)18(9)16(7)12(2)3/h12-18H,10-11H2,1-9H3. The lowest BCUT2D eigenvalue weighted by Gasteiger charge is -2.34. The van der Waals surface area contributed by atoms with Crippen LogP contribution in [0.2, 0.25) is 0 Å². The average molecular weight is 255 g/mol. The normalized spacial score (nSPS) is 22.3. The van der Waals surface area contributed by atoms with E-state index in [-0.39, 0.29) is 0 Å². The summed E-state index contributed by atoms with van der Waals surface area (Å²) in [6, 6.07) is 0. The molecule has 0 amide bonds. The third kappa shape index (κ3) is 5.33. The molecule has 110 valence electrons. The van der Waals surface area contributed by atoms with Crippen LogP contribution < -0.4 is 0 Å². The van der Waals surface area contributed by atoms with Gasteiger partial charge < -0.3 is 0 Å². The minimum Gasteiger partial charge on any atom is -0.0651 e. The van der Waals surface area contributed by atoms with E-state index < -0.39 is 0 Å². The Morgan fingerprint density at radius 3 is 1.44 bits per heavy atom. The molecule has 0 rings (SSSR count). The molecule has 0 heteroatoms. The van der Waals surface area contributed by atoms with Crippen LogP contribution in [0.5, 0.6) is 0 Å². The molecule has 0 aromatic heterocycles. The molecule has 0 saturated carbocycles. The smallest absolute Gasteiger partial charge is 0.0386 e. The highest BCUT2D eigenvalue weighted by Crippen LogP contribution is 2.35. The summed E-state index contributed by atoms with van der Waals surface area (Å²) < 4.78 is 0. The predicted octanol–water partition coefficient (Wildman–Crippen LogP) is 6.26. The van der Waals surface area contributed by atoms with Crippen LogP contribution in [-0.4, -0.2) is 0 Å².